The predicted molar refractivity (Wildman–Crippen MR) is 105 cm³/mol. The van der Waals surface area contributed by atoms with E-state index in [4.69, 9.17) is 9.15 Å². The number of carbonyl (C=O) groups is 1. The Morgan fingerprint density at radius 1 is 1.32 bits per heavy atom. The predicted octanol–water partition coefficient (Wildman–Crippen LogP) is 2.66. The Balaban J connectivity index is 1.56. The van der Waals surface area contributed by atoms with E-state index in [0.717, 1.165) is 40.1 Å². The van der Waals surface area contributed by atoms with Gasteiger partial charge in [0.1, 0.15) is 17.2 Å². The van der Waals surface area contributed by atoms with Crippen LogP contribution in [0.2, 0.25) is 0 Å². The Labute approximate surface area is 162 Å². The van der Waals surface area contributed by atoms with Crippen molar-refractivity contribution in [3.8, 4) is 5.75 Å². The molecule has 3 aromatic rings. The van der Waals surface area contributed by atoms with E-state index in [1.54, 1.807) is 4.90 Å². The second kappa shape index (κ2) is 7.14. The first-order valence-electron chi connectivity index (χ1n) is 9.47. The molecule has 0 radical (unpaired) electrons. The number of aryl methyl sites for hydroxylation is 3. The smallest absolute Gasteiger partial charge is 0.336 e. The molecule has 7 heteroatoms. The molecule has 0 spiro atoms. The van der Waals surface area contributed by atoms with Gasteiger partial charge in [-0.15, -0.1) is 0 Å². The molecule has 0 aliphatic carbocycles. The highest BCUT2D eigenvalue weighted by molar-refractivity contribution is 5.88. The van der Waals surface area contributed by atoms with Gasteiger partial charge < -0.3 is 19.0 Å². The molecule has 1 amide bonds. The number of fused-ring (bicyclic) bond motifs is 2. The minimum absolute atomic E-state index is 0.0662. The molecule has 1 N–H and O–H groups in total. The number of benzene rings is 1. The number of aromatic nitrogens is 2. The van der Waals surface area contributed by atoms with Crippen molar-refractivity contribution in [1.29, 1.82) is 0 Å². The average molecular weight is 381 g/mol. The first kappa shape index (κ1) is 18.3. The Morgan fingerprint density at radius 3 is 2.93 bits per heavy atom. The number of carbonyl (C=O) groups excluding carboxylic acids is 1. The molecular formula is C21H23N3O4. The SMILES string of the molecule is CCc1cc(=O)oc2cc(C)cc(OCC(=O)N3CCc4nc(C)[nH]c4C3)c12. The zero-order chi connectivity index (χ0) is 19.8. The fourth-order valence-corrected chi connectivity index (χ4v) is 3.74. The van der Waals surface area contributed by atoms with Gasteiger partial charge in [-0.2, -0.15) is 0 Å². The first-order valence-corrected chi connectivity index (χ1v) is 9.47. The van der Waals surface area contributed by atoms with Crippen molar-refractivity contribution in [3.63, 3.8) is 0 Å². The summed E-state index contributed by atoms with van der Waals surface area (Å²) in [5, 5.41) is 0.755. The molecule has 0 saturated carbocycles. The average Bonchev–Trinajstić information content (AvgIpc) is 3.03. The topological polar surface area (TPSA) is 88.4 Å². The lowest BCUT2D eigenvalue weighted by Gasteiger charge is -2.26. The van der Waals surface area contributed by atoms with Crippen LogP contribution in [-0.2, 0) is 24.2 Å². The number of aromatic amines is 1. The molecule has 0 atom stereocenters. The van der Waals surface area contributed by atoms with Crippen molar-refractivity contribution in [1.82, 2.24) is 14.9 Å². The van der Waals surface area contributed by atoms with E-state index in [9.17, 15) is 9.59 Å². The van der Waals surface area contributed by atoms with Crippen molar-refractivity contribution in [3.05, 3.63) is 57.0 Å². The summed E-state index contributed by atoms with van der Waals surface area (Å²) in [7, 11) is 0. The minimum Gasteiger partial charge on any atom is -0.483 e. The molecule has 4 rings (SSSR count). The lowest BCUT2D eigenvalue weighted by atomic mass is 10.1. The molecule has 1 aromatic carbocycles. The number of hydrogen-bond donors (Lipinski definition) is 1. The van der Waals surface area contributed by atoms with Crippen molar-refractivity contribution < 1.29 is 13.9 Å². The number of imidazole rings is 1. The maximum Gasteiger partial charge on any atom is 0.336 e. The molecule has 28 heavy (non-hydrogen) atoms. The van der Waals surface area contributed by atoms with E-state index in [0.29, 0.717) is 30.8 Å². The normalized spacial score (nSPS) is 13.6. The zero-order valence-corrected chi connectivity index (χ0v) is 16.3. The van der Waals surface area contributed by atoms with Gasteiger partial charge in [0.05, 0.1) is 23.3 Å². The number of hydrogen-bond acceptors (Lipinski definition) is 5. The van der Waals surface area contributed by atoms with Crippen molar-refractivity contribution in [2.45, 2.75) is 40.2 Å². The third-order valence-electron chi connectivity index (χ3n) is 5.07. The van der Waals surface area contributed by atoms with E-state index >= 15 is 0 Å². The Bertz CT molecular complexity index is 1110. The Kier molecular flexibility index (Phi) is 4.66. The Morgan fingerprint density at radius 2 is 2.14 bits per heavy atom. The lowest BCUT2D eigenvalue weighted by molar-refractivity contribution is -0.134. The summed E-state index contributed by atoms with van der Waals surface area (Å²) in [5.74, 6) is 1.36. The van der Waals surface area contributed by atoms with Gasteiger partial charge in [0.2, 0.25) is 0 Å². The molecule has 0 unspecified atom stereocenters. The van der Waals surface area contributed by atoms with Crippen LogP contribution >= 0.6 is 0 Å². The molecular weight excluding hydrogens is 358 g/mol. The van der Waals surface area contributed by atoms with E-state index in [1.807, 2.05) is 32.9 Å². The number of nitrogens with one attached hydrogen (secondary N) is 1. The summed E-state index contributed by atoms with van der Waals surface area (Å²) in [6.45, 7) is 6.87. The van der Waals surface area contributed by atoms with Crippen LogP contribution in [0.1, 0.15) is 35.3 Å². The van der Waals surface area contributed by atoms with Crippen LogP contribution in [0.25, 0.3) is 11.0 Å². The maximum absolute atomic E-state index is 12.7. The van der Waals surface area contributed by atoms with Crippen LogP contribution in [0.4, 0.5) is 0 Å². The third kappa shape index (κ3) is 3.40. The van der Waals surface area contributed by atoms with Crippen LogP contribution in [0.5, 0.6) is 5.75 Å². The van der Waals surface area contributed by atoms with E-state index in [2.05, 4.69) is 9.97 Å². The van der Waals surface area contributed by atoms with Crippen molar-refractivity contribution in [2.24, 2.45) is 0 Å². The van der Waals surface area contributed by atoms with Gasteiger partial charge in [-0.05, 0) is 43.5 Å². The van der Waals surface area contributed by atoms with Gasteiger partial charge in [0, 0.05) is 19.0 Å². The van der Waals surface area contributed by atoms with Gasteiger partial charge >= 0.3 is 5.63 Å². The molecule has 3 heterocycles. The largest absolute Gasteiger partial charge is 0.483 e. The number of H-pyrrole nitrogens is 1. The quantitative estimate of drug-likeness (QED) is 0.702. The van der Waals surface area contributed by atoms with Crippen LogP contribution in [0, 0.1) is 13.8 Å². The van der Waals surface area contributed by atoms with Crippen LogP contribution in [-0.4, -0.2) is 33.9 Å². The molecule has 1 aliphatic rings. The van der Waals surface area contributed by atoms with Gasteiger partial charge in [-0.25, -0.2) is 9.78 Å². The number of nitrogens with zero attached hydrogens (tertiary/aromatic N) is 2. The molecule has 0 saturated heterocycles. The van der Waals surface area contributed by atoms with Crippen LogP contribution < -0.4 is 10.4 Å². The summed E-state index contributed by atoms with van der Waals surface area (Å²) in [6.07, 6.45) is 1.41. The fourth-order valence-electron chi connectivity index (χ4n) is 3.74. The summed E-state index contributed by atoms with van der Waals surface area (Å²) >= 11 is 0. The highest BCUT2D eigenvalue weighted by Gasteiger charge is 2.24. The number of rotatable bonds is 4. The van der Waals surface area contributed by atoms with Gasteiger partial charge in [-0.1, -0.05) is 6.92 Å². The van der Waals surface area contributed by atoms with Crippen molar-refractivity contribution in [2.75, 3.05) is 13.2 Å². The van der Waals surface area contributed by atoms with E-state index in [-0.39, 0.29) is 18.1 Å². The van der Waals surface area contributed by atoms with Gasteiger partial charge in [0.25, 0.3) is 5.91 Å². The Hall–Kier alpha value is -3.09. The highest BCUT2D eigenvalue weighted by Crippen LogP contribution is 2.30. The summed E-state index contributed by atoms with van der Waals surface area (Å²) < 4.78 is 11.3. The van der Waals surface area contributed by atoms with E-state index < -0.39 is 0 Å². The number of ether oxygens (including phenoxy) is 1. The second-order valence-electron chi connectivity index (χ2n) is 7.18. The monoisotopic (exact) mass is 381 g/mol. The molecule has 7 nitrogen and oxygen atoms in total. The van der Waals surface area contributed by atoms with Gasteiger partial charge in [-0.3, -0.25) is 4.79 Å². The molecule has 2 aromatic heterocycles. The first-order chi connectivity index (χ1) is 13.4. The molecule has 146 valence electrons. The summed E-state index contributed by atoms with van der Waals surface area (Å²) in [5.41, 5.74) is 3.90. The van der Waals surface area contributed by atoms with Gasteiger partial charge in [0.15, 0.2) is 6.61 Å². The third-order valence-corrected chi connectivity index (χ3v) is 5.07. The second-order valence-corrected chi connectivity index (χ2v) is 7.18. The lowest BCUT2D eigenvalue weighted by Crippen LogP contribution is -2.38. The standard InChI is InChI=1S/C21H23N3O4/c1-4-14-9-20(26)28-18-8-12(2)7-17(21(14)18)27-11-19(25)24-6-5-15-16(10-24)23-13(3)22-15/h7-9H,4-6,10-11H2,1-3H3,(H,22,23). The minimum atomic E-state index is -0.379. The van der Waals surface area contributed by atoms with E-state index in [1.165, 1.54) is 6.07 Å². The molecule has 1 aliphatic heterocycles. The van der Waals surface area contributed by atoms with Crippen LogP contribution in [0.3, 0.4) is 0 Å². The molecule has 0 bridgehead atoms. The number of amides is 1. The summed E-state index contributed by atoms with van der Waals surface area (Å²) in [6, 6.07) is 5.18. The van der Waals surface area contributed by atoms with Crippen molar-refractivity contribution >= 4 is 16.9 Å². The van der Waals surface area contributed by atoms with Crippen LogP contribution in [0.15, 0.2) is 27.4 Å². The fraction of sp³-hybridized carbons (Fsp3) is 0.381. The highest BCUT2D eigenvalue weighted by atomic mass is 16.5. The summed E-state index contributed by atoms with van der Waals surface area (Å²) in [4.78, 5) is 33.9. The maximum atomic E-state index is 12.7. The molecule has 0 fully saturated rings. The zero-order valence-electron chi connectivity index (χ0n) is 16.3.